The Balaban J connectivity index is 1.76. The molecular formula is C19H16N2O3S. The number of methoxy groups -OCH3 is 1. The third-order valence-corrected chi connectivity index (χ3v) is 4.99. The lowest BCUT2D eigenvalue weighted by Crippen LogP contribution is -2.12. The summed E-state index contributed by atoms with van der Waals surface area (Å²) in [6.45, 7) is 2.34. The quantitative estimate of drug-likeness (QED) is 0.507. The predicted octanol–water partition coefficient (Wildman–Crippen LogP) is 4.50. The normalized spacial score (nSPS) is 11.1. The number of hydrogen-bond donors (Lipinski definition) is 0. The standard InChI is InChI=1S/C19H16N2O3S/c1-12-14(20-18(24-12)13-6-4-3-5-7-13)11-21-15-8-9-25-17(15)10-16(21)19(22)23-2/h3-10H,11H2,1-2H3. The number of rotatable bonds is 4. The topological polar surface area (TPSA) is 57.3 Å². The summed E-state index contributed by atoms with van der Waals surface area (Å²) in [6.07, 6.45) is 0. The van der Waals surface area contributed by atoms with E-state index in [4.69, 9.17) is 9.15 Å². The van der Waals surface area contributed by atoms with E-state index in [1.807, 2.05) is 59.3 Å². The maximum Gasteiger partial charge on any atom is 0.354 e. The third kappa shape index (κ3) is 2.74. The number of hydrogen-bond acceptors (Lipinski definition) is 5. The lowest BCUT2D eigenvalue weighted by Gasteiger charge is -2.07. The van der Waals surface area contributed by atoms with Crippen molar-refractivity contribution in [3.8, 4) is 11.5 Å². The van der Waals surface area contributed by atoms with Crippen molar-refractivity contribution in [2.24, 2.45) is 0 Å². The SMILES string of the molecule is COC(=O)c1cc2sccc2n1Cc1nc(-c2ccccc2)oc1C. The van der Waals surface area contributed by atoms with Crippen LogP contribution in [0.3, 0.4) is 0 Å². The number of oxazole rings is 1. The Kier molecular flexibility index (Phi) is 3.89. The van der Waals surface area contributed by atoms with E-state index in [9.17, 15) is 4.79 Å². The van der Waals surface area contributed by atoms with E-state index in [1.165, 1.54) is 7.11 Å². The van der Waals surface area contributed by atoms with Crippen molar-refractivity contribution in [3.63, 3.8) is 0 Å². The Morgan fingerprint density at radius 2 is 2.08 bits per heavy atom. The van der Waals surface area contributed by atoms with Crippen LogP contribution < -0.4 is 0 Å². The summed E-state index contributed by atoms with van der Waals surface area (Å²) in [5, 5.41) is 2.01. The lowest BCUT2D eigenvalue weighted by molar-refractivity contribution is 0.0589. The van der Waals surface area contributed by atoms with Crippen LogP contribution in [0.25, 0.3) is 21.7 Å². The highest BCUT2D eigenvalue weighted by Gasteiger charge is 2.20. The number of thiophene rings is 1. The molecule has 25 heavy (non-hydrogen) atoms. The molecule has 3 aromatic heterocycles. The molecule has 1 aromatic carbocycles. The van der Waals surface area contributed by atoms with Crippen LogP contribution >= 0.6 is 11.3 Å². The van der Waals surface area contributed by atoms with Crippen LogP contribution in [-0.4, -0.2) is 22.6 Å². The van der Waals surface area contributed by atoms with Crippen LogP contribution in [0.2, 0.25) is 0 Å². The van der Waals surface area contributed by atoms with Gasteiger partial charge in [0.25, 0.3) is 0 Å². The van der Waals surface area contributed by atoms with Crippen molar-refractivity contribution in [2.45, 2.75) is 13.5 Å². The first-order chi connectivity index (χ1) is 12.2. The number of aromatic nitrogens is 2. The first-order valence-corrected chi connectivity index (χ1v) is 8.72. The van der Waals surface area contributed by atoms with Gasteiger partial charge in [-0.2, -0.15) is 0 Å². The highest BCUT2D eigenvalue weighted by molar-refractivity contribution is 7.17. The molecule has 0 fully saturated rings. The van der Waals surface area contributed by atoms with Crippen molar-refractivity contribution >= 4 is 27.5 Å². The van der Waals surface area contributed by atoms with Gasteiger partial charge in [0.15, 0.2) is 0 Å². The van der Waals surface area contributed by atoms with Crippen LogP contribution in [0.15, 0.2) is 52.3 Å². The van der Waals surface area contributed by atoms with E-state index >= 15 is 0 Å². The van der Waals surface area contributed by atoms with Gasteiger partial charge in [-0.05, 0) is 36.6 Å². The maximum absolute atomic E-state index is 12.1. The van der Waals surface area contributed by atoms with E-state index in [0.29, 0.717) is 18.1 Å². The smallest absolute Gasteiger partial charge is 0.354 e. The van der Waals surface area contributed by atoms with Crippen LogP contribution in [-0.2, 0) is 11.3 Å². The Bertz CT molecular complexity index is 1040. The average Bonchev–Trinajstić information content (AvgIpc) is 3.32. The molecule has 0 aliphatic heterocycles. The summed E-state index contributed by atoms with van der Waals surface area (Å²) in [7, 11) is 1.39. The minimum Gasteiger partial charge on any atom is -0.464 e. The minimum atomic E-state index is -0.354. The first kappa shape index (κ1) is 15.7. The predicted molar refractivity (Wildman–Crippen MR) is 96.9 cm³/mol. The maximum atomic E-state index is 12.1. The molecule has 0 atom stereocenters. The lowest BCUT2D eigenvalue weighted by atomic mass is 10.2. The summed E-state index contributed by atoms with van der Waals surface area (Å²) in [5.41, 5.74) is 3.24. The number of esters is 1. The van der Waals surface area contributed by atoms with Crippen molar-refractivity contribution in [1.29, 1.82) is 0 Å². The second-order valence-corrected chi connectivity index (χ2v) is 6.61. The van der Waals surface area contributed by atoms with Gasteiger partial charge >= 0.3 is 5.97 Å². The van der Waals surface area contributed by atoms with Crippen LogP contribution in [0.5, 0.6) is 0 Å². The monoisotopic (exact) mass is 352 g/mol. The number of ether oxygens (including phenoxy) is 1. The fraction of sp³-hybridized carbons (Fsp3) is 0.158. The van der Waals surface area contributed by atoms with E-state index < -0.39 is 0 Å². The van der Waals surface area contributed by atoms with Gasteiger partial charge in [-0.1, -0.05) is 18.2 Å². The summed E-state index contributed by atoms with van der Waals surface area (Å²) >= 11 is 1.59. The molecule has 0 aliphatic rings. The van der Waals surface area contributed by atoms with Crippen LogP contribution in [0.4, 0.5) is 0 Å². The van der Waals surface area contributed by atoms with Gasteiger partial charge in [-0.25, -0.2) is 9.78 Å². The molecule has 0 radical (unpaired) electrons. The molecule has 5 nitrogen and oxygen atoms in total. The molecule has 0 saturated carbocycles. The molecule has 0 bridgehead atoms. The number of benzene rings is 1. The molecule has 0 amide bonds. The first-order valence-electron chi connectivity index (χ1n) is 7.84. The largest absolute Gasteiger partial charge is 0.464 e. The summed E-state index contributed by atoms with van der Waals surface area (Å²) in [4.78, 5) is 16.8. The average molecular weight is 352 g/mol. The van der Waals surface area contributed by atoms with Crippen molar-refractivity contribution in [3.05, 3.63) is 65.0 Å². The van der Waals surface area contributed by atoms with Crippen LogP contribution in [0.1, 0.15) is 21.9 Å². The number of carbonyl (C=O) groups excluding carboxylic acids is 1. The second-order valence-electron chi connectivity index (χ2n) is 5.67. The van der Waals surface area contributed by atoms with Gasteiger partial charge in [0.2, 0.25) is 5.89 Å². The Hall–Kier alpha value is -2.86. The van der Waals surface area contributed by atoms with E-state index in [-0.39, 0.29) is 5.97 Å². The molecule has 0 N–H and O–H groups in total. The molecule has 0 spiro atoms. The number of nitrogens with zero attached hydrogens (tertiary/aromatic N) is 2. The summed E-state index contributed by atoms with van der Waals surface area (Å²) in [5.74, 6) is 0.973. The van der Waals surface area contributed by atoms with Crippen molar-refractivity contribution in [2.75, 3.05) is 7.11 Å². The molecule has 0 saturated heterocycles. The van der Waals surface area contributed by atoms with E-state index in [1.54, 1.807) is 11.3 Å². The summed E-state index contributed by atoms with van der Waals surface area (Å²) < 4.78 is 13.7. The van der Waals surface area contributed by atoms with E-state index in [2.05, 4.69) is 4.98 Å². The Morgan fingerprint density at radius 3 is 2.84 bits per heavy atom. The summed E-state index contributed by atoms with van der Waals surface area (Å²) in [6, 6.07) is 13.6. The fourth-order valence-corrected chi connectivity index (χ4v) is 3.67. The zero-order valence-corrected chi connectivity index (χ0v) is 14.7. The van der Waals surface area contributed by atoms with Crippen LogP contribution in [0, 0.1) is 6.92 Å². The van der Waals surface area contributed by atoms with Gasteiger partial charge < -0.3 is 13.7 Å². The third-order valence-electron chi connectivity index (χ3n) is 4.14. The van der Waals surface area contributed by atoms with Gasteiger partial charge in [0, 0.05) is 5.56 Å². The molecule has 126 valence electrons. The zero-order chi connectivity index (χ0) is 17.4. The van der Waals surface area contributed by atoms with Gasteiger partial charge in [-0.15, -0.1) is 11.3 Å². The Labute approximate surface area is 148 Å². The van der Waals surface area contributed by atoms with Gasteiger partial charge in [0.05, 0.1) is 23.9 Å². The number of carbonyl (C=O) groups is 1. The highest BCUT2D eigenvalue weighted by Crippen LogP contribution is 2.28. The van der Waals surface area contributed by atoms with Gasteiger partial charge in [0.1, 0.15) is 17.1 Å². The highest BCUT2D eigenvalue weighted by atomic mass is 32.1. The number of fused-ring (bicyclic) bond motifs is 1. The van der Waals surface area contributed by atoms with Crippen molar-refractivity contribution < 1.29 is 13.9 Å². The molecule has 0 unspecified atom stereocenters. The number of aryl methyl sites for hydroxylation is 1. The fourth-order valence-electron chi connectivity index (χ4n) is 2.85. The molecular weight excluding hydrogens is 336 g/mol. The molecule has 4 aromatic rings. The molecule has 3 heterocycles. The second kappa shape index (κ2) is 6.22. The Morgan fingerprint density at radius 1 is 1.28 bits per heavy atom. The van der Waals surface area contributed by atoms with E-state index in [0.717, 1.165) is 27.2 Å². The van der Waals surface area contributed by atoms with Gasteiger partial charge in [-0.3, -0.25) is 0 Å². The minimum absolute atomic E-state index is 0.354. The van der Waals surface area contributed by atoms with Crippen molar-refractivity contribution in [1.82, 2.24) is 9.55 Å². The molecule has 0 aliphatic carbocycles. The molecule has 6 heteroatoms. The zero-order valence-electron chi connectivity index (χ0n) is 13.9. The molecule has 4 rings (SSSR count).